The molecule has 3 rings (SSSR count). The number of hydrogen-bond donors (Lipinski definition) is 2. The summed E-state index contributed by atoms with van der Waals surface area (Å²) < 4.78 is 11.5. The quantitative estimate of drug-likeness (QED) is 0.351. The summed E-state index contributed by atoms with van der Waals surface area (Å²) in [7, 11) is 0. The molecule has 1 aliphatic rings. The third-order valence-corrected chi connectivity index (χ3v) is 5.08. The van der Waals surface area contributed by atoms with Crippen LogP contribution in [0.25, 0.3) is 6.08 Å². The number of carbonyl (C=O) groups is 2. The van der Waals surface area contributed by atoms with Crippen LogP contribution in [-0.2, 0) is 4.79 Å². The number of ether oxygens (including phenoxy) is 2. The highest BCUT2D eigenvalue weighted by atomic mass is 127. The van der Waals surface area contributed by atoms with Gasteiger partial charge < -0.3 is 20.1 Å². The molecule has 0 aliphatic carbocycles. The van der Waals surface area contributed by atoms with Crippen LogP contribution in [-0.4, -0.2) is 25.2 Å². The Morgan fingerprint density at radius 2 is 1.93 bits per heavy atom. The Labute approximate surface area is 177 Å². The normalized spacial score (nSPS) is 12.6. The average Bonchev–Trinajstić information content (AvgIpc) is 3.15. The van der Waals surface area contributed by atoms with Gasteiger partial charge in [-0.2, -0.15) is 0 Å². The van der Waals surface area contributed by atoms with Crippen LogP contribution in [0.1, 0.15) is 35.7 Å². The topological polar surface area (TPSA) is 76.7 Å². The Kier molecular flexibility index (Phi) is 6.91. The summed E-state index contributed by atoms with van der Waals surface area (Å²) in [5.41, 5.74) is 1.42. The van der Waals surface area contributed by atoms with E-state index in [0.29, 0.717) is 23.6 Å². The van der Waals surface area contributed by atoms with E-state index in [9.17, 15) is 9.59 Å². The van der Waals surface area contributed by atoms with Crippen LogP contribution in [0.3, 0.4) is 0 Å². The molecule has 1 aliphatic heterocycles. The van der Waals surface area contributed by atoms with Crippen molar-refractivity contribution in [1.29, 1.82) is 0 Å². The van der Waals surface area contributed by atoms with E-state index in [2.05, 4.69) is 40.1 Å². The first kappa shape index (κ1) is 20.2. The van der Waals surface area contributed by atoms with Crippen molar-refractivity contribution in [3.63, 3.8) is 0 Å². The monoisotopic (exact) mass is 492 g/mol. The number of unbranched alkanes of at least 4 members (excludes halogenated alkanes) is 1. The zero-order chi connectivity index (χ0) is 19.9. The lowest BCUT2D eigenvalue weighted by Gasteiger charge is -2.12. The molecule has 0 radical (unpaired) electrons. The van der Waals surface area contributed by atoms with Gasteiger partial charge in [0.15, 0.2) is 11.5 Å². The minimum absolute atomic E-state index is 0.177. The number of benzene rings is 2. The van der Waals surface area contributed by atoms with Gasteiger partial charge in [0.05, 0.1) is 5.56 Å². The summed E-state index contributed by atoms with van der Waals surface area (Å²) in [4.78, 5) is 25.4. The summed E-state index contributed by atoms with van der Waals surface area (Å²) in [6.07, 6.45) is 3.47. The number of hydrogen-bond acceptors (Lipinski definition) is 4. The third-order valence-electron chi connectivity index (χ3n) is 4.13. The molecular weight excluding hydrogens is 471 g/mol. The molecule has 0 aromatic heterocycles. The predicted molar refractivity (Wildman–Crippen MR) is 115 cm³/mol. The molecule has 1 heterocycles. The number of nitrogens with one attached hydrogen (secondary N) is 2. The van der Waals surface area contributed by atoms with Gasteiger partial charge in [-0.05, 0) is 64.9 Å². The van der Waals surface area contributed by atoms with E-state index < -0.39 is 0 Å². The van der Waals surface area contributed by atoms with E-state index >= 15 is 0 Å². The van der Waals surface area contributed by atoms with Crippen LogP contribution in [0, 0.1) is 3.57 Å². The molecule has 28 heavy (non-hydrogen) atoms. The second-order valence-electron chi connectivity index (χ2n) is 6.21. The van der Waals surface area contributed by atoms with Crippen molar-refractivity contribution in [2.24, 2.45) is 0 Å². The molecule has 2 amide bonds. The lowest BCUT2D eigenvalue weighted by atomic mass is 10.1. The van der Waals surface area contributed by atoms with E-state index in [0.717, 1.165) is 22.0 Å². The van der Waals surface area contributed by atoms with Crippen LogP contribution in [0.5, 0.6) is 11.5 Å². The van der Waals surface area contributed by atoms with E-state index in [-0.39, 0.29) is 24.3 Å². The molecule has 0 unspecified atom stereocenters. The van der Waals surface area contributed by atoms with Crippen LogP contribution in [0.15, 0.2) is 48.2 Å². The van der Waals surface area contributed by atoms with Crippen molar-refractivity contribution in [3.8, 4) is 11.5 Å². The highest BCUT2D eigenvalue weighted by Crippen LogP contribution is 2.33. The fourth-order valence-corrected chi connectivity index (χ4v) is 3.27. The molecule has 2 N–H and O–H groups in total. The van der Waals surface area contributed by atoms with Gasteiger partial charge in [-0.15, -0.1) is 0 Å². The molecule has 2 aromatic rings. The molecule has 0 saturated carbocycles. The SMILES string of the molecule is CCCCNC(=O)/C(=C/c1ccc2c(c1)OCO2)NC(=O)c1ccccc1I. The van der Waals surface area contributed by atoms with Gasteiger partial charge in [0.1, 0.15) is 5.70 Å². The first-order chi connectivity index (χ1) is 13.6. The van der Waals surface area contributed by atoms with Crippen LogP contribution >= 0.6 is 22.6 Å². The van der Waals surface area contributed by atoms with Gasteiger partial charge >= 0.3 is 0 Å². The predicted octanol–water partition coefficient (Wildman–Crippen LogP) is 3.71. The van der Waals surface area contributed by atoms with E-state index in [1.165, 1.54) is 0 Å². The molecule has 0 fully saturated rings. The van der Waals surface area contributed by atoms with Crippen LogP contribution in [0.2, 0.25) is 0 Å². The maximum atomic E-state index is 12.7. The molecule has 146 valence electrons. The maximum absolute atomic E-state index is 12.7. The minimum Gasteiger partial charge on any atom is -0.454 e. The highest BCUT2D eigenvalue weighted by Gasteiger charge is 2.17. The smallest absolute Gasteiger partial charge is 0.267 e. The summed E-state index contributed by atoms with van der Waals surface area (Å²) in [6.45, 7) is 2.78. The fraction of sp³-hybridized carbons (Fsp3) is 0.238. The van der Waals surface area contributed by atoms with Crippen molar-refractivity contribution in [1.82, 2.24) is 10.6 Å². The molecular formula is C21H21IN2O4. The molecule has 2 aromatic carbocycles. The molecule has 0 spiro atoms. The minimum atomic E-state index is -0.331. The van der Waals surface area contributed by atoms with Gasteiger partial charge in [-0.3, -0.25) is 9.59 Å². The van der Waals surface area contributed by atoms with Gasteiger partial charge in [-0.25, -0.2) is 0 Å². The number of fused-ring (bicyclic) bond motifs is 1. The first-order valence-corrected chi connectivity index (χ1v) is 10.1. The van der Waals surface area contributed by atoms with Crippen LogP contribution in [0.4, 0.5) is 0 Å². The number of carbonyl (C=O) groups excluding carboxylic acids is 2. The Morgan fingerprint density at radius 1 is 1.14 bits per heavy atom. The summed E-state index contributed by atoms with van der Waals surface area (Å²) >= 11 is 2.10. The van der Waals surface area contributed by atoms with Gasteiger partial charge in [-0.1, -0.05) is 31.5 Å². The Hall–Kier alpha value is -2.55. The highest BCUT2D eigenvalue weighted by molar-refractivity contribution is 14.1. The third kappa shape index (κ3) is 5.03. The lowest BCUT2D eigenvalue weighted by molar-refractivity contribution is -0.117. The summed E-state index contributed by atoms with van der Waals surface area (Å²) in [5, 5.41) is 5.60. The molecule has 0 saturated heterocycles. The van der Waals surface area contributed by atoms with Gasteiger partial charge in [0.25, 0.3) is 11.8 Å². The second-order valence-corrected chi connectivity index (χ2v) is 7.38. The molecule has 0 atom stereocenters. The van der Waals surface area contributed by atoms with Crippen LogP contribution < -0.4 is 20.1 Å². The van der Waals surface area contributed by atoms with E-state index in [1.807, 2.05) is 18.2 Å². The van der Waals surface area contributed by atoms with Crippen molar-refractivity contribution >= 4 is 40.5 Å². The van der Waals surface area contributed by atoms with Crippen molar-refractivity contribution < 1.29 is 19.1 Å². The van der Waals surface area contributed by atoms with E-state index in [4.69, 9.17) is 9.47 Å². The second kappa shape index (κ2) is 9.59. The lowest BCUT2D eigenvalue weighted by Crippen LogP contribution is -2.35. The van der Waals surface area contributed by atoms with Crippen molar-refractivity contribution in [2.75, 3.05) is 13.3 Å². The first-order valence-electron chi connectivity index (χ1n) is 9.04. The summed E-state index contributed by atoms with van der Waals surface area (Å²) in [5.74, 6) is 0.616. The Bertz CT molecular complexity index is 911. The fourth-order valence-electron chi connectivity index (χ4n) is 2.64. The van der Waals surface area contributed by atoms with Gasteiger partial charge in [0.2, 0.25) is 6.79 Å². The number of halogens is 1. The van der Waals surface area contributed by atoms with Gasteiger partial charge in [0, 0.05) is 10.1 Å². The van der Waals surface area contributed by atoms with E-state index in [1.54, 1.807) is 30.3 Å². The number of rotatable bonds is 7. The zero-order valence-corrected chi connectivity index (χ0v) is 17.6. The Morgan fingerprint density at radius 3 is 2.71 bits per heavy atom. The molecule has 0 bridgehead atoms. The molecule has 6 nitrogen and oxygen atoms in total. The van der Waals surface area contributed by atoms with Crippen molar-refractivity contribution in [2.45, 2.75) is 19.8 Å². The molecule has 7 heteroatoms. The average molecular weight is 492 g/mol. The standard InChI is InChI=1S/C21H21IN2O4/c1-2-3-10-23-21(26)17(24-20(25)15-6-4-5-7-16(15)22)11-14-8-9-18-19(12-14)28-13-27-18/h4-9,11-12H,2-3,10,13H2,1H3,(H,23,26)(H,24,25)/b17-11-. The maximum Gasteiger partial charge on any atom is 0.267 e. The Balaban J connectivity index is 1.85. The number of amides is 2. The largest absolute Gasteiger partial charge is 0.454 e. The summed E-state index contributed by atoms with van der Waals surface area (Å²) in [6, 6.07) is 12.6. The zero-order valence-electron chi connectivity index (χ0n) is 15.5. The van der Waals surface area contributed by atoms with Crippen molar-refractivity contribution in [3.05, 3.63) is 62.9 Å².